The van der Waals surface area contributed by atoms with Crippen molar-refractivity contribution in [1.82, 2.24) is 0 Å². The summed E-state index contributed by atoms with van der Waals surface area (Å²) >= 11 is 0. The van der Waals surface area contributed by atoms with Crippen LogP contribution in [0.2, 0.25) is 0 Å². The van der Waals surface area contributed by atoms with Crippen LogP contribution in [-0.2, 0) is 0 Å². The Labute approximate surface area is 62.4 Å². The van der Waals surface area contributed by atoms with Gasteiger partial charge in [0.05, 0.1) is 0 Å². The van der Waals surface area contributed by atoms with Gasteiger partial charge in [0.2, 0.25) is 0 Å². The third-order valence-corrected chi connectivity index (χ3v) is 3.19. The quantitative estimate of drug-likeness (QED) is 0.632. The maximum Gasteiger partial charge on any atom is 0.0462 e. The van der Waals surface area contributed by atoms with Crippen molar-refractivity contribution in [3.63, 3.8) is 0 Å². The summed E-state index contributed by atoms with van der Waals surface area (Å²) in [5, 5.41) is 8.78. The molecule has 1 N–H and O–H groups in total. The number of rotatable bonds is 3. The van der Waals surface area contributed by atoms with Crippen molar-refractivity contribution in [1.29, 1.82) is 0 Å². The van der Waals surface area contributed by atoms with Crippen LogP contribution in [0, 0.1) is 23.7 Å². The number of aliphatic hydroxyl groups is 1. The van der Waals surface area contributed by atoms with Gasteiger partial charge in [-0.15, -0.1) is 0 Å². The van der Waals surface area contributed by atoms with Gasteiger partial charge in [-0.1, -0.05) is 6.92 Å². The minimum Gasteiger partial charge on any atom is -0.396 e. The Balaban J connectivity index is 1.65. The average Bonchev–Trinajstić information content (AvgIpc) is 2.76. The van der Waals surface area contributed by atoms with Crippen LogP contribution in [0.15, 0.2) is 0 Å². The molecule has 0 aromatic heterocycles. The normalized spacial score (nSPS) is 51.0. The summed E-state index contributed by atoms with van der Waals surface area (Å²) in [6.07, 6.45) is 4.17. The Hall–Kier alpha value is -0.0400. The fourth-order valence-electron chi connectivity index (χ4n) is 1.94. The van der Waals surface area contributed by atoms with E-state index in [2.05, 4.69) is 6.92 Å². The largest absolute Gasteiger partial charge is 0.396 e. The second-order valence-corrected chi connectivity index (χ2v) is 4.15. The smallest absolute Gasteiger partial charge is 0.0462 e. The fraction of sp³-hybridized carbons (Fsp3) is 1.00. The molecule has 0 aromatic rings. The SMILES string of the molecule is CC1CC1CC1CC1CO. The van der Waals surface area contributed by atoms with Crippen LogP contribution in [0.25, 0.3) is 0 Å². The predicted molar refractivity (Wildman–Crippen MR) is 40.6 cm³/mol. The van der Waals surface area contributed by atoms with Gasteiger partial charge >= 0.3 is 0 Å². The third-order valence-electron chi connectivity index (χ3n) is 3.19. The van der Waals surface area contributed by atoms with E-state index in [-0.39, 0.29) is 0 Å². The van der Waals surface area contributed by atoms with Crippen LogP contribution in [-0.4, -0.2) is 11.7 Å². The molecule has 1 nitrogen and oxygen atoms in total. The molecule has 2 rings (SSSR count). The highest BCUT2D eigenvalue weighted by atomic mass is 16.3. The van der Waals surface area contributed by atoms with Gasteiger partial charge < -0.3 is 5.11 Å². The first-order valence-corrected chi connectivity index (χ1v) is 4.42. The van der Waals surface area contributed by atoms with Crippen molar-refractivity contribution in [3.05, 3.63) is 0 Å². The minimum absolute atomic E-state index is 0.436. The monoisotopic (exact) mass is 140 g/mol. The van der Waals surface area contributed by atoms with Gasteiger partial charge in [0.25, 0.3) is 0 Å². The summed E-state index contributed by atoms with van der Waals surface area (Å²) < 4.78 is 0. The molecule has 4 atom stereocenters. The summed E-state index contributed by atoms with van der Waals surface area (Å²) in [6.45, 7) is 2.77. The lowest BCUT2D eigenvalue weighted by atomic mass is 10.1. The first kappa shape index (κ1) is 6.66. The zero-order chi connectivity index (χ0) is 7.14. The van der Waals surface area contributed by atoms with E-state index < -0.39 is 0 Å². The van der Waals surface area contributed by atoms with Crippen molar-refractivity contribution >= 4 is 0 Å². The molecular formula is C9H16O. The molecule has 1 heteroatoms. The molecule has 0 radical (unpaired) electrons. The van der Waals surface area contributed by atoms with Crippen molar-refractivity contribution in [2.45, 2.75) is 26.2 Å². The van der Waals surface area contributed by atoms with Crippen LogP contribution in [0.4, 0.5) is 0 Å². The van der Waals surface area contributed by atoms with Gasteiger partial charge in [0.15, 0.2) is 0 Å². The molecular weight excluding hydrogens is 124 g/mol. The first-order valence-electron chi connectivity index (χ1n) is 4.42. The van der Waals surface area contributed by atoms with Crippen molar-refractivity contribution in [2.24, 2.45) is 23.7 Å². The average molecular weight is 140 g/mol. The van der Waals surface area contributed by atoms with Crippen molar-refractivity contribution in [2.75, 3.05) is 6.61 Å². The second kappa shape index (κ2) is 2.23. The molecule has 0 spiro atoms. The van der Waals surface area contributed by atoms with Crippen LogP contribution < -0.4 is 0 Å². The number of hydrogen-bond donors (Lipinski definition) is 1. The Morgan fingerprint density at radius 3 is 2.30 bits per heavy atom. The lowest BCUT2D eigenvalue weighted by molar-refractivity contribution is 0.266. The molecule has 10 heavy (non-hydrogen) atoms. The summed E-state index contributed by atoms with van der Waals surface area (Å²) in [7, 11) is 0. The topological polar surface area (TPSA) is 20.2 Å². The van der Waals surface area contributed by atoms with Crippen molar-refractivity contribution in [3.8, 4) is 0 Å². The van der Waals surface area contributed by atoms with E-state index >= 15 is 0 Å². The van der Waals surface area contributed by atoms with Gasteiger partial charge in [-0.25, -0.2) is 0 Å². The van der Waals surface area contributed by atoms with Crippen LogP contribution in [0.1, 0.15) is 26.2 Å². The van der Waals surface area contributed by atoms with Gasteiger partial charge in [0, 0.05) is 6.61 Å². The van der Waals surface area contributed by atoms with E-state index in [0.29, 0.717) is 12.5 Å². The summed E-state index contributed by atoms with van der Waals surface area (Å²) in [5.41, 5.74) is 0. The van der Waals surface area contributed by atoms with E-state index in [0.717, 1.165) is 17.8 Å². The Kier molecular flexibility index (Phi) is 1.48. The Bertz CT molecular complexity index is 133. The molecule has 0 saturated heterocycles. The molecule has 0 amide bonds. The summed E-state index contributed by atoms with van der Waals surface area (Å²) in [4.78, 5) is 0. The summed E-state index contributed by atoms with van der Waals surface area (Å²) in [5.74, 6) is 3.62. The molecule has 2 saturated carbocycles. The standard InChI is InChI=1S/C9H16O/c1-6-2-7(6)3-8-4-9(8)5-10/h6-10H,2-5H2,1H3. The fourth-order valence-corrected chi connectivity index (χ4v) is 1.94. The van der Waals surface area contributed by atoms with E-state index in [9.17, 15) is 0 Å². The molecule has 2 fully saturated rings. The van der Waals surface area contributed by atoms with E-state index in [1.54, 1.807) is 0 Å². The van der Waals surface area contributed by atoms with Gasteiger partial charge in [-0.05, 0) is 42.9 Å². The molecule has 0 aliphatic heterocycles. The molecule has 0 bridgehead atoms. The summed E-state index contributed by atoms with van der Waals surface area (Å²) in [6, 6.07) is 0. The Morgan fingerprint density at radius 2 is 1.90 bits per heavy atom. The first-order chi connectivity index (χ1) is 4.81. The Morgan fingerprint density at radius 1 is 1.20 bits per heavy atom. The molecule has 2 aliphatic carbocycles. The van der Waals surface area contributed by atoms with Crippen LogP contribution in [0.3, 0.4) is 0 Å². The van der Waals surface area contributed by atoms with E-state index in [1.807, 2.05) is 0 Å². The van der Waals surface area contributed by atoms with Gasteiger partial charge in [0.1, 0.15) is 0 Å². The van der Waals surface area contributed by atoms with E-state index in [4.69, 9.17) is 5.11 Å². The van der Waals surface area contributed by atoms with Crippen LogP contribution >= 0.6 is 0 Å². The van der Waals surface area contributed by atoms with Crippen LogP contribution in [0.5, 0.6) is 0 Å². The lowest BCUT2D eigenvalue weighted by Crippen LogP contribution is -1.90. The zero-order valence-electron chi connectivity index (χ0n) is 6.59. The second-order valence-electron chi connectivity index (χ2n) is 4.15. The minimum atomic E-state index is 0.436. The highest BCUT2D eigenvalue weighted by Gasteiger charge is 2.43. The predicted octanol–water partition coefficient (Wildman–Crippen LogP) is 1.66. The van der Waals surface area contributed by atoms with Gasteiger partial charge in [-0.2, -0.15) is 0 Å². The molecule has 58 valence electrons. The number of hydrogen-bond acceptors (Lipinski definition) is 1. The third kappa shape index (κ3) is 1.20. The molecule has 4 unspecified atom stereocenters. The maximum absolute atomic E-state index is 8.78. The molecule has 0 aromatic carbocycles. The highest BCUT2D eigenvalue weighted by molar-refractivity contribution is 4.93. The lowest BCUT2D eigenvalue weighted by Gasteiger charge is -1.93. The zero-order valence-corrected chi connectivity index (χ0v) is 6.59. The number of aliphatic hydroxyl groups excluding tert-OH is 1. The van der Waals surface area contributed by atoms with Crippen molar-refractivity contribution < 1.29 is 5.11 Å². The maximum atomic E-state index is 8.78. The molecule has 0 heterocycles. The molecule has 2 aliphatic rings. The van der Waals surface area contributed by atoms with Gasteiger partial charge in [-0.3, -0.25) is 0 Å². The highest BCUT2D eigenvalue weighted by Crippen LogP contribution is 2.51. The van der Waals surface area contributed by atoms with E-state index in [1.165, 1.54) is 19.3 Å².